The van der Waals surface area contributed by atoms with Crippen molar-refractivity contribution in [1.82, 2.24) is 5.48 Å². The van der Waals surface area contributed by atoms with Crippen LogP contribution in [0, 0.1) is 0 Å². The van der Waals surface area contributed by atoms with E-state index in [2.05, 4.69) is 27.7 Å². The van der Waals surface area contributed by atoms with Crippen LogP contribution in [0.1, 0.15) is 0 Å². The Balaban J connectivity index is 2.19. The van der Waals surface area contributed by atoms with E-state index in [0.29, 0.717) is 0 Å². The number of rotatable bonds is 2. The van der Waals surface area contributed by atoms with Gasteiger partial charge in [-0.1, -0.05) is 0 Å². The van der Waals surface area contributed by atoms with Crippen molar-refractivity contribution in [3.63, 3.8) is 0 Å². The lowest BCUT2D eigenvalue weighted by atomic mass is 11.6. The zero-order valence-electron chi connectivity index (χ0n) is 2.76. The Morgan fingerprint density at radius 1 is 1.80 bits per heavy atom. The Morgan fingerprint density at radius 2 is 2.40 bits per heavy atom. The van der Waals surface area contributed by atoms with Crippen molar-refractivity contribution >= 4 is 12.9 Å². The maximum absolute atomic E-state index is 3.95. The fourth-order valence-electron chi connectivity index (χ4n) is 0.0373. The quantitative estimate of drug-likeness (QED) is 0.217. The molecule has 0 aliphatic rings. The van der Waals surface area contributed by atoms with Gasteiger partial charge in [-0.2, -0.15) is 5.48 Å². The third-order valence-electron chi connectivity index (χ3n) is 0.121. The zero-order valence-corrected chi connectivity index (χ0v) is 3.66. The maximum atomic E-state index is 3.95. The average molecular weight is 95.1 g/mol. The summed E-state index contributed by atoms with van der Waals surface area (Å²) in [6.45, 7) is 0. The topological polar surface area (TPSA) is 30.5 Å². The number of hydrogen-bond acceptors (Lipinski definition) is 4. The molecule has 0 atom stereocenters. The molecule has 0 amide bonds. The summed E-state index contributed by atoms with van der Waals surface area (Å²) in [4.78, 5) is 3.95. The summed E-state index contributed by atoms with van der Waals surface area (Å²) >= 11 is 3.22. The van der Waals surface area contributed by atoms with Gasteiger partial charge >= 0.3 is 0 Å². The third-order valence-corrected chi connectivity index (χ3v) is 0.195. The minimum Gasteiger partial charge on any atom is -0.172 e. The van der Waals surface area contributed by atoms with Gasteiger partial charge in [0.15, 0.2) is 0 Å². The molecular weight excluding hydrogens is 90.1 g/mol. The van der Waals surface area contributed by atoms with Crippen molar-refractivity contribution in [3.8, 4) is 0 Å². The predicted octanol–water partition coefficient (Wildman–Crippen LogP) is -0.0862. The summed E-state index contributed by atoms with van der Waals surface area (Å²) in [7, 11) is 1.57. The minimum atomic E-state index is 1.57. The summed E-state index contributed by atoms with van der Waals surface area (Å²) in [5, 5.41) is 0. The summed E-state index contributed by atoms with van der Waals surface area (Å²) in [5.74, 6) is 0. The summed E-state index contributed by atoms with van der Waals surface area (Å²) in [5.41, 5.74) is 2.22. The third kappa shape index (κ3) is 4.23. The highest BCUT2D eigenvalue weighted by Crippen LogP contribution is 1.70. The van der Waals surface area contributed by atoms with Crippen molar-refractivity contribution < 1.29 is 9.32 Å². The van der Waals surface area contributed by atoms with Crippen LogP contribution >= 0.6 is 12.9 Å². The van der Waals surface area contributed by atoms with Gasteiger partial charge < -0.3 is 0 Å². The van der Waals surface area contributed by atoms with Crippen molar-refractivity contribution in [2.75, 3.05) is 7.05 Å². The van der Waals surface area contributed by atoms with E-state index in [-0.39, 0.29) is 0 Å². The van der Waals surface area contributed by atoms with Gasteiger partial charge in [-0.15, -0.1) is 9.32 Å². The second kappa shape index (κ2) is 4.23. The smallest absolute Gasteiger partial charge is 0.0169 e. The fourth-order valence-corrected chi connectivity index (χ4v) is 0.112. The molecule has 3 nitrogen and oxygen atoms in total. The molecule has 0 spiro atoms. The Hall–Kier alpha value is 0.230. The van der Waals surface area contributed by atoms with Crippen LogP contribution in [0.5, 0.6) is 0 Å². The maximum Gasteiger partial charge on any atom is 0.0169 e. The van der Waals surface area contributed by atoms with Gasteiger partial charge in [0.2, 0.25) is 0 Å². The standard InChI is InChI=1S/CH5NO2S/c1-2-3-4-5/h2,5H,1H3. The Bertz CT molecular complexity index is 17.1. The first-order valence-corrected chi connectivity index (χ1v) is 1.42. The minimum absolute atomic E-state index is 1.57. The highest BCUT2D eigenvalue weighted by Gasteiger charge is 1.61. The largest absolute Gasteiger partial charge is 0.172 e. The molecule has 4 heteroatoms. The van der Waals surface area contributed by atoms with E-state index in [1.807, 2.05) is 0 Å². The van der Waals surface area contributed by atoms with Crippen molar-refractivity contribution in [2.24, 2.45) is 0 Å². The van der Waals surface area contributed by atoms with Crippen LogP contribution in [0.25, 0.3) is 0 Å². The molecule has 0 fully saturated rings. The summed E-state index contributed by atoms with van der Waals surface area (Å²) < 4.78 is 3.77. The van der Waals surface area contributed by atoms with E-state index in [1.165, 1.54) is 0 Å². The van der Waals surface area contributed by atoms with E-state index in [4.69, 9.17) is 0 Å². The van der Waals surface area contributed by atoms with Crippen molar-refractivity contribution in [2.45, 2.75) is 0 Å². The van der Waals surface area contributed by atoms with Crippen LogP contribution in [0.4, 0.5) is 0 Å². The van der Waals surface area contributed by atoms with Gasteiger partial charge in [-0.3, -0.25) is 0 Å². The number of hydroxylamine groups is 1. The summed E-state index contributed by atoms with van der Waals surface area (Å²) in [6.07, 6.45) is 0. The first-order valence-electron chi connectivity index (χ1n) is 1.05. The highest BCUT2D eigenvalue weighted by molar-refractivity contribution is 7.74. The molecule has 0 saturated carbocycles. The van der Waals surface area contributed by atoms with E-state index in [0.717, 1.165) is 0 Å². The Kier molecular flexibility index (Phi) is 4.42. The predicted molar refractivity (Wildman–Crippen MR) is 20.2 cm³/mol. The van der Waals surface area contributed by atoms with Crippen LogP contribution in [-0.2, 0) is 9.32 Å². The fraction of sp³-hybridized carbons (Fsp3) is 1.00. The average Bonchev–Trinajstić information content (AvgIpc) is 1.41. The molecule has 5 heavy (non-hydrogen) atoms. The Labute approximate surface area is 35.8 Å². The van der Waals surface area contributed by atoms with Gasteiger partial charge in [0.25, 0.3) is 0 Å². The molecule has 0 rings (SSSR count). The van der Waals surface area contributed by atoms with Crippen LogP contribution in [0.3, 0.4) is 0 Å². The molecule has 32 valence electrons. The highest BCUT2D eigenvalue weighted by atomic mass is 32.1. The zero-order chi connectivity index (χ0) is 4.12. The summed E-state index contributed by atoms with van der Waals surface area (Å²) in [6, 6.07) is 0. The molecule has 0 aliphatic carbocycles. The SMILES string of the molecule is CNOOS. The molecule has 0 aromatic carbocycles. The Morgan fingerprint density at radius 3 is 2.40 bits per heavy atom. The lowest BCUT2D eigenvalue weighted by Gasteiger charge is -1.85. The number of thiol groups is 1. The molecule has 0 unspecified atom stereocenters. The molecule has 0 radical (unpaired) electrons. The van der Waals surface area contributed by atoms with E-state index in [9.17, 15) is 0 Å². The monoisotopic (exact) mass is 95.0 g/mol. The first-order chi connectivity index (χ1) is 2.41. The van der Waals surface area contributed by atoms with Crippen LogP contribution in [0.15, 0.2) is 0 Å². The molecule has 0 aromatic heterocycles. The van der Waals surface area contributed by atoms with E-state index >= 15 is 0 Å². The first kappa shape index (κ1) is 5.23. The molecule has 0 aliphatic heterocycles. The molecule has 0 heterocycles. The van der Waals surface area contributed by atoms with Crippen LogP contribution < -0.4 is 5.48 Å². The van der Waals surface area contributed by atoms with Gasteiger partial charge in [-0.25, -0.2) is 0 Å². The molecule has 0 saturated heterocycles. The van der Waals surface area contributed by atoms with Gasteiger partial charge in [-0.05, 0) is 0 Å². The number of nitrogens with one attached hydrogen (secondary N) is 1. The van der Waals surface area contributed by atoms with Crippen molar-refractivity contribution in [3.05, 3.63) is 0 Å². The molecule has 0 bridgehead atoms. The van der Waals surface area contributed by atoms with E-state index in [1.54, 1.807) is 7.05 Å². The lowest BCUT2D eigenvalue weighted by molar-refractivity contribution is -0.235. The van der Waals surface area contributed by atoms with Crippen LogP contribution in [0.2, 0.25) is 0 Å². The normalized spacial score (nSPS) is 8.40. The lowest BCUT2D eigenvalue weighted by Crippen LogP contribution is -2.02. The number of hydrogen-bond donors (Lipinski definition) is 2. The molecule has 1 N–H and O–H groups in total. The molecular formula is CH5NO2S. The van der Waals surface area contributed by atoms with Crippen LogP contribution in [-0.4, -0.2) is 7.05 Å². The second-order valence-corrected chi connectivity index (χ2v) is 0.511. The van der Waals surface area contributed by atoms with Gasteiger partial charge in [0.05, 0.1) is 0 Å². The second-order valence-electron chi connectivity index (χ2n) is 0.362. The van der Waals surface area contributed by atoms with Gasteiger partial charge in [0, 0.05) is 20.0 Å². The van der Waals surface area contributed by atoms with Gasteiger partial charge in [0.1, 0.15) is 0 Å². The van der Waals surface area contributed by atoms with Crippen molar-refractivity contribution in [1.29, 1.82) is 0 Å². The molecule has 0 aromatic rings. The van der Waals surface area contributed by atoms with E-state index < -0.39 is 0 Å².